The molecule has 0 rings (SSSR count). The summed E-state index contributed by atoms with van der Waals surface area (Å²) >= 11 is 0. The minimum Gasteiger partial charge on any atom is -0.0654 e. The van der Waals surface area contributed by atoms with Gasteiger partial charge in [-0.25, -0.2) is 0 Å². The highest BCUT2D eigenvalue weighted by atomic mass is 14.1. The Morgan fingerprint density at radius 1 is 0.346 bits per heavy atom. The van der Waals surface area contributed by atoms with Gasteiger partial charge in [0.25, 0.3) is 0 Å². The molecule has 0 saturated heterocycles. The van der Waals surface area contributed by atoms with Crippen molar-refractivity contribution in [3.8, 4) is 0 Å². The van der Waals surface area contributed by atoms with Crippen molar-refractivity contribution in [2.45, 2.75) is 162 Å². The molecule has 0 amide bonds. The zero-order valence-corrected chi connectivity index (χ0v) is 19.1. The summed E-state index contributed by atoms with van der Waals surface area (Å²) in [6.07, 6.45) is 32.3. The van der Waals surface area contributed by atoms with E-state index in [2.05, 4.69) is 20.8 Å². The zero-order valence-electron chi connectivity index (χ0n) is 19.1. The average Bonchev–Trinajstić information content (AvgIpc) is 2.66. The third-order valence-electron chi connectivity index (χ3n) is 6.24. The molecular formula is C26H54. The highest BCUT2D eigenvalue weighted by Crippen LogP contribution is 2.20. The van der Waals surface area contributed by atoms with E-state index >= 15 is 0 Å². The molecule has 0 spiro atoms. The molecule has 1 unspecified atom stereocenters. The van der Waals surface area contributed by atoms with Crippen LogP contribution in [0.3, 0.4) is 0 Å². The van der Waals surface area contributed by atoms with Crippen molar-refractivity contribution in [2.75, 3.05) is 0 Å². The van der Waals surface area contributed by atoms with E-state index in [0.29, 0.717) is 0 Å². The normalized spacial score (nSPS) is 12.6. The van der Waals surface area contributed by atoms with Gasteiger partial charge in [-0.2, -0.15) is 0 Å². The Kier molecular flexibility index (Phi) is 23.0. The Morgan fingerprint density at radius 2 is 0.692 bits per heavy atom. The quantitative estimate of drug-likeness (QED) is 0.167. The van der Waals surface area contributed by atoms with E-state index in [9.17, 15) is 0 Å². The second kappa shape index (κ2) is 23.0. The van der Waals surface area contributed by atoms with E-state index in [-0.39, 0.29) is 0 Å². The van der Waals surface area contributed by atoms with Crippen LogP contribution in [0.2, 0.25) is 0 Å². The third-order valence-corrected chi connectivity index (χ3v) is 6.24. The van der Waals surface area contributed by atoms with Gasteiger partial charge in [-0.15, -0.1) is 0 Å². The molecule has 0 bridgehead atoms. The zero-order chi connectivity index (χ0) is 19.1. The monoisotopic (exact) mass is 366 g/mol. The molecule has 1 atom stereocenters. The van der Waals surface area contributed by atoms with Gasteiger partial charge in [0.2, 0.25) is 0 Å². The number of hydrogen-bond acceptors (Lipinski definition) is 0. The van der Waals surface area contributed by atoms with Gasteiger partial charge in [-0.05, 0) is 5.92 Å². The Hall–Kier alpha value is 0. The van der Waals surface area contributed by atoms with Crippen LogP contribution >= 0.6 is 0 Å². The van der Waals surface area contributed by atoms with Gasteiger partial charge in [-0.1, -0.05) is 162 Å². The minimum absolute atomic E-state index is 1.01. The van der Waals surface area contributed by atoms with Crippen molar-refractivity contribution >= 4 is 0 Å². The lowest BCUT2D eigenvalue weighted by Gasteiger charge is -2.13. The maximum absolute atomic E-state index is 2.37. The summed E-state index contributed by atoms with van der Waals surface area (Å²) < 4.78 is 0. The van der Waals surface area contributed by atoms with Crippen molar-refractivity contribution in [1.82, 2.24) is 0 Å². The molecule has 0 aromatic heterocycles. The second-order valence-corrected chi connectivity index (χ2v) is 8.86. The Bertz CT molecular complexity index is 232. The van der Waals surface area contributed by atoms with Crippen LogP contribution in [0, 0.1) is 5.92 Å². The Balaban J connectivity index is 3.07. The lowest BCUT2D eigenvalue weighted by atomic mass is 9.94. The first-order chi connectivity index (χ1) is 12.8. The van der Waals surface area contributed by atoms with Crippen LogP contribution in [0.25, 0.3) is 0 Å². The van der Waals surface area contributed by atoms with Gasteiger partial charge >= 0.3 is 0 Å². The molecular weight excluding hydrogens is 312 g/mol. The van der Waals surface area contributed by atoms with Gasteiger partial charge in [0, 0.05) is 0 Å². The molecule has 0 heteroatoms. The summed E-state index contributed by atoms with van der Waals surface area (Å²) in [7, 11) is 0. The fourth-order valence-electron chi connectivity index (χ4n) is 4.30. The average molecular weight is 367 g/mol. The molecule has 0 radical (unpaired) electrons. The molecule has 0 heterocycles. The highest BCUT2D eigenvalue weighted by Gasteiger charge is 2.04. The molecule has 26 heavy (non-hydrogen) atoms. The van der Waals surface area contributed by atoms with E-state index in [4.69, 9.17) is 0 Å². The van der Waals surface area contributed by atoms with Crippen molar-refractivity contribution in [2.24, 2.45) is 5.92 Å². The van der Waals surface area contributed by atoms with Gasteiger partial charge in [0.15, 0.2) is 0 Å². The molecule has 0 saturated carbocycles. The van der Waals surface area contributed by atoms with Crippen LogP contribution in [0.5, 0.6) is 0 Å². The van der Waals surface area contributed by atoms with Gasteiger partial charge in [-0.3, -0.25) is 0 Å². The third kappa shape index (κ3) is 20.3. The van der Waals surface area contributed by atoms with Gasteiger partial charge in [0.1, 0.15) is 0 Å². The first kappa shape index (κ1) is 26.0. The number of hydrogen-bond donors (Lipinski definition) is 0. The summed E-state index contributed by atoms with van der Waals surface area (Å²) in [5.74, 6) is 1.01. The predicted octanol–water partition coefficient (Wildman–Crippen LogP) is 10.2. The molecule has 0 aliphatic rings. The van der Waals surface area contributed by atoms with E-state index in [0.717, 1.165) is 5.92 Å². The largest absolute Gasteiger partial charge is 0.0654 e. The molecule has 0 aliphatic heterocycles. The molecule has 0 fully saturated rings. The van der Waals surface area contributed by atoms with Crippen LogP contribution in [0.1, 0.15) is 162 Å². The van der Waals surface area contributed by atoms with Crippen LogP contribution in [-0.2, 0) is 0 Å². The maximum atomic E-state index is 2.37. The fourth-order valence-corrected chi connectivity index (χ4v) is 4.30. The van der Waals surface area contributed by atoms with Gasteiger partial charge in [0.05, 0.1) is 0 Å². The highest BCUT2D eigenvalue weighted by molar-refractivity contribution is 4.57. The summed E-state index contributed by atoms with van der Waals surface area (Å²) in [5, 5.41) is 0. The molecule has 0 aliphatic carbocycles. The first-order valence-electron chi connectivity index (χ1n) is 12.8. The Labute approximate surface area is 168 Å². The van der Waals surface area contributed by atoms with E-state index in [1.807, 2.05) is 0 Å². The maximum Gasteiger partial charge on any atom is -0.0417 e. The Morgan fingerprint density at radius 3 is 1.00 bits per heavy atom. The van der Waals surface area contributed by atoms with Crippen LogP contribution in [0.15, 0.2) is 0 Å². The number of unbranched alkanes of at least 4 members (excludes halogenated alkanes) is 17. The summed E-state index contributed by atoms with van der Waals surface area (Å²) in [6.45, 7) is 7.00. The van der Waals surface area contributed by atoms with Gasteiger partial charge < -0.3 is 0 Å². The summed E-state index contributed by atoms with van der Waals surface area (Å²) in [6, 6.07) is 0. The smallest absolute Gasteiger partial charge is 0.0417 e. The SMILES string of the molecule is CCCCCCCCCCCCCCCCCCCCC(CC)CCC. The first-order valence-corrected chi connectivity index (χ1v) is 12.8. The minimum atomic E-state index is 1.01. The van der Waals surface area contributed by atoms with E-state index in [1.54, 1.807) is 0 Å². The molecule has 0 aromatic rings. The van der Waals surface area contributed by atoms with Crippen molar-refractivity contribution in [1.29, 1.82) is 0 Å². The van der Waals surface area contributed by atoms with E-state index < -0.39 is 0 Å². The molecule has 0 N–H and O–H groups in total. The van der Waals surface area contributed by atoms with Crippen LogP contribution < -0.4 is 0 Å². The second-order valence-electron chi connectivity index (χ2n) is 8.86. The lowest BCUT2D eigenvalue weighted by molar-refractivity contribution is 0.407. The summed E-state index contributed by atoms with van der Waals surface area (Å²) in [5.41, 5.74) is 0. The van der Waals surface area contributed by atoms with Crippen LogP contribution in [0.4, 0.5) is 0 Å². The van der Waals surface area contributed by atoms with Crippen molar-refractivity contribution in [3.05, 3.63) is 0 Å². The molecule has 158 valence electrons. The predicted molar refractivity (Wildman–Crippen MR) is 122 cm³/mol. The summed E-state index contributed by atoms with van der Waals surface area (Å²) in [4.78, 5) is 0. The lowest BCUT2D eigenvalue weighted by Crippen LogP contribution is -1.97. The van der Waals surface area contributed by atoms with Crippen molar-refractivity contribution < 1.29 is 0 Å². The fraction of sp³-hybridized carbons (Fsp3) is 1.00. The van der Waals surface area contributed by atoms with Crippen molar-refractivity contribution in [3.63, 3.8) is 0 Å². The molecule has 0 aromatic carbocycles. The standard InChI is InChI=1S/C26H54/c1-4-7-8-9-10-11-12-13-14-15-16-17-18-19-20-21-22-23-25-26(6-3)24-5-2/h26H,4-25H2,1-3H3. The molecule has 0 nitrogen and oxygen atoms in total. The van der Waals surface area contributed by atoms with Crippen LogP contribution in [-0.4, -0.2) is 0 Å². The van der Waals surface area contributed by atoms with E-state index in [1.165, 1.54) is 141 Å². The number of rotatable bonds is 22. The topological polar surface area (TPSA) is 0 Å².